The summed E-state index contributed by atoms with van der Waals surface area (Å²) in [4.78, 5) is 4.26. The van der Waals surface area contributed by atoms with Gasteiger partial charge in [0.15, 0.2) is 11.5 Å². The van der Waals surface area contributed by atoms with Gasteiger partial charge >= 0.3 is 0 Å². The lowest BCUT2D eigenvalue weighted by atomic mass is 10.2. The number of rotatable bonds is 5. The summed E-state index contributed by atoms with van der Waals surface area (Å²) in [7, 11) is 3.21. The molecule has 1 heterocycles. The molecule has 0 aliphatic heterocycles. The standard InChI is InChI=1S/C13H15N3O2S/c1-9-8-19-13(15-9)16-14-7-10-5-4-6-11(17-2)12(10)18-3/h4-8H,1-3H3,(H,15,16). The number of para-hydroxylation sites is 1. The zero-order chi connectivity index (χ0) is 13.7. The van der Waals surface area contributed by atoms with E-state index in [1.54, 1.807) is 20.4 Å². The maximum absolute atomic E-state index is 5.32. The molecule has 0 fully saturated rings. The van der Waals surface area contributed by atoms with Crippen LogP contribution in [0.5, 0.6) is 11.5 Å². The second kappa shape index (κ2) is 6.19. The van der Waals surface area contributed by atoms with E-state index in [4.69, 9.17) is 9.47 Å². The highest BCUT2D eigenvalue weighted by Crippen LogP contribution is 2.29. The number of anilines is 1. The van der Waals surface area contributed by atoms with Crippen LogP contribution in [0, 0.1) is 6.92 Å². The summed E-state index contributed by atoms with van der Waals surface area (Å²) in [5.74, 6) is 1.34. The van der Waals surface area contributed by atoms with Gasteiger partial charge in [-0.05, 0) is 19.1 Å². The van der Waals surface area contributed by atoms with Crippen molar-refractivity contribution < 1.29 is 9.47 Å². The number of thiazole rings is 1. The van der Waals surface area contributed by atoms with Gasteiger partial charge in [-0.25, -0.2) is 4.98 Å². The van der Waals surface area contributed by atoms with Crippen LogP contribution in [0.4, 0.5) is 5.13 Å². The quantitative estimate of drug-likeness (QED) is 0.674. The number of hydrogen-bond acceptors (Lipinski definition) is 6. The van der Waals surface area contributed by atoms with E-state index >= 15 is 0 Å². The Kier molecular flexibility index (Phi) is 4.35. The Morgan fingerprint density at radius 3 is 2.79 bits per heavy atom. The Balaban J connectivity index is 2.14. The highest BCUT2D eigenvalue weighted by molar-refractivity contribution is 7.13. The van der Waals surface area contributed by atoms with Crippen molar-refractivity contribution in [1.29, 1.82) is 0 Å². The van der Waals surface area contributed by atoms with Gasteiger partial charge in [0.05, 0.1) is 26.1 Å². The van der Waals surface area contributed by atoms with E-state index < -0.39 is 0 Å². The van der Waals surface area contributed by atoms with Crippen molar-refractivity contribution in [2.45, 2.75) is 6.92 Å². The van der Waals surface area contributed by atoms with Crippen molar-refractivity contribution in [3.63, 3.8) is 0 Å². The molecule has 0 saturated carbocycles. The number of ether oxygens (including phenoxy) is 2. The van der Waals surface area contributed by atoms with Gasteiger partial charge < -0.3 is 9.47 Å². The average molecular weight is 277 g/mol. The topological polar surface area (TPSA) is 55.7 Å². The van der Waals surface area contributed by atoms with Crippen molar-refractivity contribution in [2.24, 2.45) is 5.10 Å². The van der Waals surface area contributed by atoms with Crippen LogP contribution in [0.2, 0.25) is 0 Å². The first-order chi connectivity index (χ1) is 9.24. The lowest BCUT2D eigenvalue weighted by Crippen LogP contribution is -1.96. The van der Waals surface area contributed by atoms with E-state index in [1.807, 2.05) is 30.5 Å². The Bertz CT molecular complexity index is 581. The number of nitrogens with one attached hydrogen (secondary N) is 1. The molecule has 0 unspecified atom stereocenters. The maximum atomic E-state index is 5.32. The zero-order valence-corrected chi connectivity index (χ0v) is 11.8. The summed E-state index contributed by atoms with van der Waals surface area (Å²) in [5.41, 5.74) is 4.69. The molecule has 1 aromatic carbocycles. The monoisotopic (exact) mass is 277 g/mol. The first-order valence-corrected chi connectivity index (χ1v) is 6.54. The van der Waals surface area contributed by atoms with Crippen LogP contribution in [0.25, 0.3) is 0 Å². The highest BCUT2D eigenvalue weighted by atomic mass is 32.1. The molecule has 0 saturated heterocycles. The van der Waals surface area contributed by atoms with Gasteiger partial charge in [0.2, 0.25) is 5.13 Å². The number of aryl methyl sites for hydroxylation is 1. The minimum Gasteiger partial charge on any atom is -0.493 e. The van der Waals surface area contributed by atoms with Gasteiger partial charge in [-0.1, -0.05) is 6.07 Å². The molecule has 2 rings (SSSR count). The third kappa shape index (κ3) is 3.23. The predicted molar refractivity (Wildman–Crippen MR) is 77.6 cm³/mol. The average Bonchev–Trinajstić information content (AvgIpc) is 2.84. The molecule has 0 spiro atoms. The first-order valence-electron chi connectivity index (χ1n) is 5.66. The third-order valence-electron chi connectivity index (χ3n) is 2.42. The number of hydrogen-bond donors (Lipinski definition) is 1. The number of benzene rings is 1. The van der Waals surface area contributed by atoms with E-state index in [2.05, 4.69) is 15.5 Å². The SMILES string of the molecule is COc1cccc(C=NNc2nc(C)cs2)c1OC. The number of hydrazone groups is 1. The Hall–Kier alpha value is -2.08. The molecule has 0 aliphatic rings. The van der Waals surface area contributed by atoms with Gasteiger partial charge in [0, 0.05) is 10.9 Å². The van der Waals surface area contributed by atoms with Crippen molar-refractivity contribution in [3.05, 3.63) is 34.8 Å². The summed E-state index contributed by atoms with van der Waals surface area (Å²) in [6.45, 7) is 1.94. The molecule has 100 valence electrons. The summed E-state index contributed by atoms with van der Waals surface area (Å²) in [5, 5.41) is 6.87. The van der Waals surface area contributed by atoms with Crippen molar-refractivity contribution in [2.75, 3.05) is 19.6 Å². The molecule has 6 heteroatoms. The molecule has 0 bridgehead atoms. The second-order valence-electron chi connectivity index (χ2n) is 3.75. The Morgan fingerprint density at radius 1 is 1.32 bits per heavy atom. The van der Waals surface area contributed by atoms with Gasteiger partial charge in [-0.2, -0.15) is 5.10 Å². The molecule has 5 nitrogen and oxygen atoms in total. The second-order valence-corrected chi connectivity index (χ2v) is 4.60. The molecule has 0 aliphatic carbocycles. The van der Waals surface area contributed by atoms with E-state index in [9.17, 15) is 0 Å². The molecule has 2 aromatic rings. The molecule has 1 N–H and O–H groups in total. The molecule has 19 heavy (non-hydrogen) atoms. The first kappa shape index (κ1) is 13.4. The Morgan fingerprint density at radius 2 is 2.16 bits per heavy atom. The molecule has 0 amide bonds. The maximum Gasteiger partial charge on any atom is 0.203 e. The number of nitrogens with zero attached hydrogens (tertiary/aromatic N) is 2. The number of methoxy groups -OCH3 is 2. The van der Waals surface area contributed by atoms with Crippen LogP contribution in [0.3, 0.4) is 0 Å². The molecule has 0 radical (unpaired) electrons. The molecule has 1 aromatic heterocycles. The molecular formula is C13H15N3O2S. The highest BCUT2D eigenvalue weighted by Gasteiger charge is 2.07. The van der Waals surface area contributed by atoms with Crippen molar-refractivity contribution >= 4 is 22.7 Å². The smallest absolute Gasteiger partial charge is 0.203 e. The Labute approximate surface area is 115 Å². The van der Waals surface area contributed by atoms with E-state index in [1.165, 1.54) is 11.3 Å². The zero-order valence-electron chi connectivity index (χ0n) is 11.0. The van der Waals surface area contributed by atoms with Crippen LogP contribution >= 0.6 is 11.3 Å². The fourth-order valence-electron chi connectivity index (χ4n) is 1.58. The van der Waals surface area contributed by atoms with Crippen molar-refractivity contribution in [1.82, 2.24) is 4.98 Å². The van der Waals surface area contributed by atoms with E-state index in [-0.39, 0.29) is 0 Å². The summed E-state index contributed by atoms with van der Waals surface area (Å²) < 4.78 is 10.5. The normalized spacial score (nSPS) is 10.7. The number of aromatic nitrogens is 1. The van der Waals surface area contributed by atoms with Gasteiger partial charge in [0.1, 0.15) is 0 Å². The largest absolute Gasteiger partial charge is 0.493 e. The lowest BCUT2D eigenvalue weighted by Gasteiger charge is -2.09. The van der Waals surface area contributed by atoms with Crippen LogP contribution in [-0.2, 0) is 0 Å². The molecular weight excluding hydrogens is 262 g/mol. The predicted octanol–water partition coefficient (Wildman–Crippen LogP) is 2.91. The summed E-state index contributed by atoms with van der Waals surface area (Å²) >= 11 is 1.51. The fraction of sp³-hybridized carbons (Fsp3) is 0.231. The van der Waals surface area contributed by atoms with Crippen molar-refractivity contribution in [3.8, 4) is 11.5 Å². The third-order valence-corrected chi connectivity index (χ3v) is 3.28. The molecule has 0 atom stereocenters. The van der Waals surface area contributed by atoms with E-state index in [0.29, 0.717) is 11.5 Å². The minimum absolute atomic E-state index is 0.658. The summed E-state index contributed by atoms with van der Waals surface area (Å²) in [6.07, 6.45) is 1.68. The van der Waals surface area contributed by atoms with Crippen LogP contribution in [0.1, 0.15) is 11.3 Å². The van der Waals surface area contributed by atoms with Crippen LogP contribution < -0.4 is 14.9 Å². The van der Waals surface area contributed by atoms with Crippen LogP contribution in [-0.4, -0.2) is 25.4 Å². The van der Waals surface area contributed by atoms with Gasteiger partial charge in [-0.3, -0.25) is 5.43 Å². The van der Waals surface area contributed by atoms with E-state index in [0.717, 1.165) is 16.4 Å². The minimum atomic E-state index is 0.658. The van der Waals surface area contributed by atoms with Crippen LogP contribution in [0.15, 0.2) is 28.7 Å². The van der Waals surface area contributed by atoms with Gasteiger partial charge in [0.25, 0.3) is 0 Å². The fourth-order valence-corrected chi connectivity index (χ4v) is 2.21. The lowest BCUT2D eigenvalue weighted by molar-refractivity contribution is 0.354. The van der Waals surface area contributed by atoms with Gasteiger partial charge in [-0.15, -0.1) is 11.3 Å². The summed E-state index contributed by atoms with van der Waals surface area (Å²) in [6, 6.07) is 5.63.